The van der Waals surface area contributed by atoms with Crippen LogP contribution in [0.3, 0.4) is 0 Å². The van der Waals surface area contributed by atoms with Gasteiger partial charge in [-0.15, -0.1) is 0 Å². The maximum atomic E-state index is 14.3. The quantitative estimate of drug-likeness (QED) is 0.476. The molecule has 1 amide bonds. The molecule has 3 unspecified atom stereocenters. The zero-order chi connectivity index (χ0) is 25.2. The highest BCUT2D eigenvalue weighted by Crippen LogP contribution is 2.37. The lowest BCUT2D eigenvalue weighted by molar-refractivity contribution is -0.161. The zero-order valence-corrected chi connectivity index (χ0v) is 21.3. The predicted molar refractivity (Wildman–Crippen MR) is 126 cm³/mol. The van der Waals surface area contributed by atoms with Crippen LogP contribution in [0.5, 0.6) is 0 Å². The second-order valence-electron chi connectivity index (χ2n) is 11.5. The molecule has 5 nitrogen and oxygen atoms in total. The molecule has 0 N–H and O–H groups in total. The molecule has 1 aromatic carbocycles. The second kappa shape index (κ2) is 10.6. The van der Waals surface area contributed by atoms with Crippen molar-refractivity contribution >= 4 is 12.1 Å². The molecule has 2 aliphatic rings. The van der Waals surface area contributed by atoms with Crippen molar-refractivity contribution in [1.82, 2.24) is 4.90 Å². The number of hydrogen-bond acceptors (Lipinski definition) is 4. The van der Waals surface area contributed by atoms with Crippen molar-refractivity contribution in [3.8, 4) is 0 Å². The Hall–Kier alpha value is -2.18. The van der Waals surface area contributed by atoms with Crippen LogP contribution in [0.4, 0.5) is 13.6 Å². The maximum absolute atomic E-state index is 14.3. The molecule has 3 rings (SSSR count). The van der Waals surface area contributed by atoms with Crippen LogP contribution in [0.2, 0.25) is 0 Å². The maximum Gasteiger partial charge on any atom is 0.411 e. The fourth-order valence-electron chi connectivity index (χ4n) is 5.31. The number of rotatable bonds is 5. The lowest BCUT2D eigenvalue weighted by atomic mass is 9.75. The Balaban J connectivity index is 1.78. The van der Waals surface area contributed by atoms with Gasteiger partial charge in [-0.05, 0) is 81.8 Å². The average Bonchev–Trinajstić information content (AvgIpc) is 3.14. The van der Waals surface area contributed by atoms with E-state index in [0.717, 1.165) is 25.3 Å². The highest BCUT2D eigenvalue weighted by atomic mass is 19.2. The van der Waals surface area contributed by atoms with Gasteiger partial charge < -0.3 is 9.47 Å². The number of halogens is 2. The second-order valence-corrected chi connectivity index (χ2v) is 11.5. The van der Waals surface area contributed by atoms with Crippen LogP contribution in [0.1, 0.15) is 72.8 Å². The molecule has 0 radical (unpaired) electrons. The number of nitrogens with zero attached hydrogens (tertiary/aromatic N) is 1. The van der Waals surface area contributed by atoms with Crippen molar-refractivity contribution in [2.75, 3.05) is 6.54 Å². The largest absolute Gasteiger partial charge is 0.461 e. The van der Waals surface area contributed by atoms with Crippen molar-refractivity contribution in [2.45, 2.75) is 91.4 Å². The summed E-state index contributed by atoms with van der Waals surface area (Å²) >= 11 is 0. The molecule has 34 heavy (non-hydrogen) atoms. The molecule has 1 saturated heterocycles. The van der Waals surface area contributed by atoms with Crippen LogP contribution in [0, 0.1) is 35.3 Å². The molecular weight excluding hydrogens is 440 g/mol. The smallest absolute Gasteiger partial charge is 0.411 e. The third-order valence-electron chi connectivity index (χ3n) is 7.06. The van der Waals surface area contributed by atoms with Crippen LogP contribution in [0.25, 0.3) is 0 Å². The van der Waals surface area contributed by atoms with Gasteiger partial charge in [0, 0.05) is 6.54 Å². The van der Waals surface area contributed by atoms with E-state index < -0.39 is 35.3 Å². The first-order valence-electron chi connectivity index (χ1n) is 12.5. The van der Waals surface area contributed by atoms with Crippen molar-refractivity contribution in [3.63, 3.8) is 0 Å². The van der Waals surface area contributed by atoms with Crippen LogP contribution in [0.15, 0.2) is 18.2 Å². The number of esters is 1. The lowest BCUT2D eigenvalue weighted by Crippen LogP contribution is -2.46. The van der Waals surface area contributed by atoms with Crippen molar-refractivity contribution in [2.24, 2.45) is 23.7 Å². The minimum atomic E-state index is -0.901. The molecule has 1 aliphatic carbocycles. The van der Waals surface area contributed by atoms with Crippen molar-refractivity contribution < 1.29 is 27.8 Å². The molecule has 2 fully saturated rings. The Bertz CT molecular complexity index is 882. The summed E-state index contributed by atoms with van der Waals surface area (Å²) in [7, 11) is 0. The van der Waals surface area contributed by atoms with E-state index in [1.807, 2.05) is 0 Å². The third kappa shape index (κ3) is 6.48. The Morgan fingerprint density at radius 1 is 1.15 bits per heavy atom. The van der Waals surface area contributed by atoms with Gasteiger partial charge in [-0.2, -0.15) is 0 Å². The highest BCUT2D eigenvalue weighted by molar-refractivity contribution is 5.82. The minimum Gasteiger partial charge on any atom is -0.461 e. The van der Waals surface area contributed by atoms with E-state index in [1.165, 1.54) is 11.0 Å². The summed E-state index contributed by atoms with van der Waals surface area (Å²) in [6.45, 7) is 12.0. The van der Waals surface area contributed by atoms with Gasteiger partial charge in [0.2, 0.25) is 0 Å². The van der Waals surface area contributed by atoms with E-state index in [0.29, 0.717) is 18.3 Å². The molecule has 1 heterocycles. The van der Waals surface area contributed by atoms with Gasteiger partial charge in [0.1, 0.15) is 17.7 Å². The van der Waals surface area contributed by atoms with E-state index in [-0.39, 0.29) is 36.5 Å². The van der Waals surface area contributed by atoms with Gasteiger partial charge >= 0.3 is 12.1 Å². The number of benzene rings is 1. The number of ether oxygens (including phenoxy) is 2. The number of carbonyl (C=O) groups excluding carboxylic acids is 2. The summed E-state index contributed by atoms with van der Waals surface area (Å²) in [4.78, 5) is 27.8. The van der Waals surface area contributed by atoms with Gasteiger partial charge in [-0.1, -0.05) is 39.3 Å². The van der Waals surface area contributed by atoms with Gasteiger partial charge in [-0.25, -0.2) is 18.4 Å². The van der Waals surface area contributed by atoms with E-state index in [1.54, 1.807) is 26.8 Å². The molecule has 1 aliphatic heterocycles. The lowest BCUT2D eigenvalue weighted by Gasteiger charge is -2.37. The molecule has 7 heteroatoms. The minimum absolute atomic E-state index is 0.184. The molecule has 1 aromatic rings. The Labute approximate surface area is 202 Å². The summed E-state index contributed by atoms with van der Waals surface area (Å²) in [6.07, 6.45) is 2.71. The Morgan fingerprint density at radius 2 is 1.85 bits per heavy atom. The zero-order valence-electron chi connectivity index (χ0n) is 21.3. The molecule has 0 spiro atoms. The third-order valence-corrected chi connectivity index (χ3v) is 7.06. The van der Waals surface area contributed by atoms with E-state index >= 15 is 0 Å². The van der Waals surface area contributed by atoms with Crippen LogP contribution in [-0.4, -0.2) is 41.3 Å². The SMILES string of the molecule is CC(C)[C@@H]1CC[C@@H](C)CC1OC(=O)C1CC(Cc2cccc(F)c2F)CN1C(=O)OC(C)(C)C. The van der Waals surface area contributed by atoms with Crippen molar-refractivity contribution in [3.05, 3.63) is 35.4 Å². The Kier molecular flexibility index (Phi) is 8.25. The van der Waals surface area contributed by atoms with Gasteiger partial charge in [-0.3, -0.25) is 4.90 Å². The number of amides is 1. The standard InChI is InChI=1S/C27H39F2NO4/c1-16(2)20-11-10-17(3)12-23(20)33-25(31)22-14-18(13-19-8-7-9-21(28)24(19)29)15-30(22)26(32)34-27(4,5)6/h7-9,16-18,20,22-23H,10-15H2,1-6H3/t17-,18?,20+,22?,23?/m1/s1. The molecule has 0 aromatic heterocycles. The van der Waals surface area contributed by atoms with Crippen LogP contribution in [-0.2, 0) is 20.7 Å². The monoisotopic (exact) mass is 479 g/mol. The molecule has 5 atom stereocenters. The molecular formula is C27H39F2NO4. The molecule has 190 valence electrons. The summed E-state index contributed by atoms with van der Waals surface area (Å²) in [5.74, 6) is -1.28. The first kappa shape index (κ1) is 26.4. The normalized spacial score (nSPS) is 27.7. The fourth-order valence-corrected chi connectivity index (χ4v) is 5.31. The van der Waals surface area contributed by atoms with Crippen LogP contribution >= 0.6 is 0 Å². The van der Waals surface area contributed by atoms with E-state index in [2.05, 4.69) is 20.8 Å². The predicted octanol–water partition coefficient (Wildman–Crippen LogP) is 6.14. The first-order valence-corrected chi connectivity index (χ1v) is 12.5. The number of hydrogen-bond donors (Lipinski definition) is 0. The fraction of sp³-hybridized carbons (Fsp3) is 0.704. The van der Waals surface area contributed by atoms with Crippen LogP contribution < -0.4 is 0 Å². The topological polar surface area (TPSA) is 55.8 Å². The first-order chi connectivity index (χ1) is 15.9. The number of carbonyl (C=O) groups is 2. The van der Waals surface area contributed by atoms with Gasteiger partial charge in [0.15, 0.2) is 11.6 Å². The summed E-state index contributed by atoms with van der Waals surface area (Å²) in [5, 5.41) is 0. The average molecular weight is 480 g/mol. The molecule has 1 saturated carbocycles. The van der Waals surface area contributed by atoms with Gasteiger partial charge in [0.25, 0.3) is 0 Å². The summed E-state index contributed by atoms with van der Waals surface area (Å²) in [5.41, 5.74) is -0.482. The van der Waals surface area contributed by atoms with E-state index in [4.69, 9.17) is 9.47 Å². The molecule has 0 bridgehead atoms. The Morgan fingerprint density at radius 3 is 2.50 bits per heavy atom. The summed E-state index contributed by atoms with van der Waals surface area (Å²) < 4.78 is 39.6. The summed E-state index contributed by atoms with van der Waals surface area (Å²) in [6, 6.07) is 3.29. The van der Waals surface area contributed by atoms with E-state index in [9.17, 15) is 18.4 Å². The van der Waals surface area contributed by atoms with Gasteiger partial charge in [0.05, 0.1) is 0 Å². The highest BCUT2D eigenvalue weighted by Gasteiger charge is 2.44. The number of likely N-dealkylation sites (tertiary alicyclic amines) is 1. The van der Waals surface area contributed by atoms with Crippen molar-refractivity contribution in [1.29, 1.82) is 0 Å².